The second-order valence-corrected chi connectivity index (χ2v) is 6.45. The lowest BCUT2D eigenvalue weighted by atomic mass is 9.98. The Morgan fingerprint density at radius 1 is 1.11 bits per heavy atom. The molecule has 0 fully saturated rings. The van der Waals surface area contributed by atoms with E-state index < -0.39 is 23.8 Å². The van der Waals surface area contributed by atoms with Crippen LogP contribution in [-0.2, 0) is 4.79 Å². The summed E-state index contributed by atoms with van der Waals surface area (Å²) in [5, 5.41) is 1.88. The van der Waals surface area contributed by atoms with Gasteiger partial charge >= 0.3 is 0 Å². The molecule has 0 spiro atoms. The van der Waals surface area contributed by atoms with Gasteiger partial charge in [-0.1, -0.05) is 12.1 Å². The highest BCUT2D eigenvalue weighted by Gasteiger charge is 2.40. The van der Waals surface area contributed by atoms with Crippen LogP contribution in [0.1, 0.15) is 27.6 Å². The van der Waals surface area contributed by atoms with Crippen LogP contribution >= 0.6 is 0 Å². The summed E-state index contributed by atoms with van der Waals surface area (Å²) in [6.07, 6.45) is 0. The molecule has 0 bridgehead atoms. The molecule has 2 aromatic carbocycles. The van der Waals surface area contributed by atoms with Crippen LogP contribution in [0, 0.1) is 0 Å². The van der Waals surface area contributed by atoms with Crippen LogP contribution in [0.4, 0.5) is 0 Å². The highest BCUT2D eigenvalue weighted by atomic mass is 16.5. The standard InChI is InChI=1S/C19H21N3O5/c1-10(21(2)3)17(23)20-22-18(24)12-9-14(27-5)16-11(15(12)19(22)25)7-6-8-13(16)26-4/h6-10H,1-5H3,(H,20,23). The third-order valence-corrected chi connectivity index (χ3v) is 4.75. The number of hydrogen-bond acceptors (Lipinski definition) is 6. The van der Waals surface area contributed by atoms with Crippen LogP contribution in [-0.4, -0.2) is 62.0 Å². The largest absolute Gasteiger partial charge is 0.496 e. The molecule has 0 aliphatic carbocycles. The van der Waals surface area contributed by atoms with Crippen LogP contribution in [0.3, 0.4) is 0 Å². The van der Waals surface area contributed by atoms with Crippen molar-refractivity contribution in [2.24, 2.45) is 0 Å². The van der Waals surface area contributed by atoms with Gasteiger partial charge in [0, 0.05) is 5.39 Å². The van der Waals surface area contributed by atoms with E-state index in [4.69, 9.17) is 9.47 Å². The Kier molecular flexibility index (Phi) is 4.75. The molecule has 3 rings (SSSR count). The van der Waals surface area contributed by atoms with Gasteiger partial charge < -0.3 is 9.47 Å². The number of hydrogen-bond donors (Lipinski definition) is 1. The highest BCUT2D eigenvalue weighted by Crippen LogP contribution is 2.40. The maximum atomic E-state index is 12.9. The molecule has 142 valence electrons. The number of imide groups is 1. The van der Waals surface area contributed by atoms with Gasteiger partial charge in [0.25, 0.3) is 17.7 Å². The number of nitrogens with zero attached hydrogens (tertiary/aromatic N) is 2. The van der Waals surface area contributed by atoms with Crippen LogP contribution in [0.5, 0.6) is 11.5 Å². The van der Waals surface area contributed by atoms with Crippen molar-refractivity contribution in [2.75, 3.05) is 28.3 Å². The molecule has 1 aliphatic rings. The Labute approximate surface area is 156 Å². The molecule has 8 nitrogen and oxygen atoms in total. The molecule has 1 aliphatic heterocycles. The van der Waals surface area contributed by atoms with E-state index in [1.165, 1.54) is 20.3 Å². The summed E-state index contributed by atoms with van der Waals surface area (Å²) in [6, 6.07) is 6.19. The van der Waals surface area contributed by atoms with Gasteiger partial charge in [-0.15, -0.1) is 0 Å². The van der Waals surface area contributed by atoms with Gasteiger partial charge in [0.2, 0.25) is 0 Å². The normalized spacial score (nSPS) is 14.5. The summed E-state index contributed by atoms with van der Waals surface area (Å²) < 4.78 is 10.8. The number of nitrogens with one attached hydrogen (secondary N) is 1. The average Bonchev–Trinajstić information content (AvgIpc) is 2.90. The molecule has 3 amide bonds. The molecule has 0 radical (unpaired) electrons. The summed E-state index contributed by atoms with van der Waals surface area (Å²) in [5.41, 5.74) is 2.81. The number of ether oxygens (including phenoxy) is 2. The van der Waals surface area contributed by atoms with E-state index >= 15 is 0 Å². The number of methoxy groups -OCH3 is 2. The van der Waals surface area contributed by atoms with Crippen LogP contribution in [0.25, 0.3) is 10.8 Å². The predicted octanol–water partition coefficient (Wildman–Crippen LogP) is 1.43. The molecule has 27 heavy (non-hydrogen) atoms. The van der Waals surface area contributed by atoms with Crippen molar-refractivity contribution in [1.29, 1.82) is 0 Å². The molecule has 0 saturated heterocycles. The first kappa shape index (κ1) is 18.7. The van der Waals surface area contributed by atoms with E-state index in [2.05, 4.69) is 5.43 Å². The van der Waals surface area contributed by atoms with E-state index in [0.717, 1.165) is 5.01 Å². The van der Waals surface area contributed by atoms with Crippen LogP contribution < -0.4 is 14.9 Å². The summed E-state index contributed by atoms with van der Waals surface area (Å²) >= 11 is 0. The zero-order valence-electron chi connectivity index (χ0n) is 15.8. The summed E-state index contributed by atoms with van der Waals surface area (Å²) in [5.74, 6) is -0.704. The second kappa shape index (κ2) is 6.88. The third-order valence-electron chi connectivity index (χ3n) is 4.75. The van der Waals surface area contributed by atoms with E-state index in [-0.39, 0.29) is 11.1 Å². The topological polar surface area (TPSA) is 88.2 Å². The molecule has 0 aromatic heterocycles. The lowest BCUT2D eigenvalue weighted by Gasteiger charge is -2.22. The van der Waals surface area contributed by atoms with Crippen molar-refractivity contribution in [1.82, 2.24) is 15.3 Å². The number of carbonyl (C=O) groups is 3. The van der Waals surface area contributed by atoms with Crippen molar-refractivity contribution in [3.05, 3.63) is 35.4 Å². The van der Waals surface area contributed by atoms with Gasteiger partial charge in [-0.3, -0.25) is 24.7 Å². The molecule has 2 aromatic rings. The first-order chi connectivity index (χ1) is 12.8. The SMILES string of the molecule is COc1cccc2c3c(cc(OC)c12)C(=O)N(NC(=O)C(C)N(C)C)C3=O. The molecule has 1 unspecified atom stereocenters. The number of fused-ring (bicyclic) bond motifs is 3. The minimum absolute atomic E-state index is 0.176. The maximum absolute atomic E-state index is 12.9. The van der Waals surface area contributed by atoms with Crippen molar-refractivity contribution >= 4 is 28.5 Å². The predicted molar refractivity (Wildman–Crippen MR) is 98.8 cm³/mol. The fourth-order valence-corrected chi connectivity index (χ4v) is 3.01. The quantitative estimate of drug-likeness (QED) is 0.800. The minimum atomic E-state index is -0.600. The number of likely N-dealkylation sites (N-methyl/N-ethyl adjacent to an activating group) is 1. The van der Waals surface area contributed by atoms with Crippen LogP contribution in [0.15, 0.2) is 24.3 Å². The molecular formula is C19H21N3O5. The van der Waals surface area contributed by atoms with E-state index in [1.807, 2.05) is 0 Å². The molecule has 1 heterocycles. The highest BCUT2D eigenvalue weighted by molar-refractivity contribution is 6.28. The second-order valence-electron chi connectivity index (χ2n) is 6.45. The van der Waals surface area contributed by atoms with E-state index in [0.29, 0.717) is 22.3 Å². The Morgan fingerprint density at radius 3 is 2.37 bits per heavy atom. The van der Waals surface area contributed by atoms with Gasteiger partial charge in [-0.25, -0.2) is 0 Å². The van der Waals surface area contributed by atoms with Gasteiger partial charge in [-0.2, -0.15) is 5.01 Å². The fourth-order valence-electron chi connectivity index (χ4n) is 3.01. The number of rotatable bonds is 5. The Balaban J connectivity index is 2.11. The number of amides is 3. The van der Waals surface area contributed by atoms with Gasteiger partial charge in [-0.05, 0) is 33.2 Å². The van der Waals surface area contributed by atoms with E-state index in [1.54, 1.807) is 44.1 Å². The number of hydrazine groups is 1. The maximum Gasteiger partial charge on any atom is 0.281 e. The van der Waals surface area contributed by atoms with E-state index in [9.17, 15) is 14.4 Å². The van der Waals surface area contributed by atoms with Crippen molar-refractivity contribution in [3.8, 4) is 11.5 Å². The molecule has 8 heteroatoms. The van der Waals surface area contributed by atoms with Crippen molar-refractivity contribution < 1.29 is 23.9 Å². The molecule has 1 atom stereocenters. The monoisotopic (exact) mass is 371 g/mol. The first-order valence-corrected chi connectivity index (χ1v) is 8.35. The molecule has 1 N–H and O–H groups in total. The average molecular weight is 371 g/mol. The number of benzene rings is 2. The number of carbonyl (C=O) groups excluding carboxylic acids is 3. The Morgan fingerprint density at radius 2 is 1.78 bits per heavy atom. The zero-order valence-corrected chi connectivity index (χ0v) is 15.8. The first-order valence-electron chi connectivity index (χ1n) is 8.35. The lowest BCUT2D eigenvalue weighted by Crippen LogP contribution is -2.51. The van der Waals surface area contributed by atoms with Crippen molar-refractivity contribution in [3.63, 3.8) is 0 Å². The summed E-state index contributed by atoms with van der Waals surface area (Å²) in [4.78, 5) is 39.7. The van der Waals surface area contributed by atoms with Gasteiger partial charge in [0.15, 0.2) is 0 Å². The summed E-state index contributed by atoms with van der Waals surface area (Å²) in [6.45, 7) is 1.68. The molecule has 0 saturated carbocycles. The smallest absolute Gasteiger partial charge is 0.281 e. The Hall–Kier alpha value is -3.13. The van der Waals surface area contributed by atoms with Crippen LogP contribution in [0.2, 0.25) is 0 Å². The van der Waals surface area contributed by atoms with Crippen molar-refractivity contribution in [2.45, 2.75) is 13.0 Å². The fraction of sp³-hybridized carbons (Fsp3) is 0.316. The lowest BCUT2D eigenvalue weighted by molar-refractivity contribution is -0.128. The zero-order chi connectivity index (χ0) is 19.9. The van der Waals surface area contributed by atoms with Gasteiger partial charge in [0.1, 0.15) is 11.5 Å². The third kappa shape index (κ3) is 2.87. The summed E-state index contributed by atoms with van der Waals surface area (Å²) in [7, 11) is 6.46. The molecular weight excluding hydrogens is 350 g/mol. The van der Waals surface area contributed by atoms with Gasteiger partial charge in [0.05, 0.1) is 36.8 Å². The minimum Gasteiger partial charge on any atom is -0.496 e. The Bertz CT molecular complexity index is 954.